The number of carbonyl (C=O) groups is 1. The minimum atomic E-state index is -0.495. The van der Waals surface area contributed by atoms with Crippen LogP contribution in [0.3, 0.4) is 0 Å². The topological polar surface area (TPSA) is 91.2 Å². The number of nitrogens with one attached hydrogen (secondary N) is 1. The number of anilines is 1. The smallest absolute Gasteiger partial charge is 0.279 e. The first-order chi connectivity index (χ1) is 14.0. The van der Waals surface area contributed by atoms with Crippen LogP contribution in [0.25, 0.3) is 5.65 Å². The average molecular weight is 395 g/mol. The largest absolute Gasteiger partial charge is 0.493 e. The van der Waals surface area contributed by atoms with Gasteiger partial charge in [-0.1, -0.05) is 6.07 Å². The highest BCUT2D eigenvalue weighted by Gasteiger charge is 2.33. The van der Waals surface area contributed by atoms with E-state index < -0.39 is 5.92 Å². The molecule has 29 heavy (non-hydrogen) atoms. The van der Waals surface area contributed by atoms with E-state index in [1.165, 1.54) is 21.3 Å². The van der Waals surface area contributed by atoms with E-state index in [1.54, 1.807) is 22.7 Å². The van der Waals surface area contributed by atoms with Gasteiger partial charge in [0.25, 0.3) is 5.56 Å². The SMILES string of the molecule is COc1cc(C2CC(=O)Nc3c2c(=O)nc2c(C)cccn32)cc(OC)c1OC. The molecule has 1 aliphatic rings. The third-order valence-electron chi connectivity index (χ3n) is 5.18. The van der Waals surface area contributed by atoms with Crippen molar-refractivity contribution in [3.8, 4) is 17.2 Å². The summed E-state index contributed by atoms with van der Waals surface area (Å²) in [7, 11) is 4.57. The van der Waals surface area contributed by atoms with E-state index in [1.807, 2.05) is 19.1 Å². The highest BCUT2D eigenvalue weighted by atomic mass is 16.5. The van der Waals surface area contributed by atoms with Crippen molar-refractivity contribution in [1.82, 2.24) is 9.38 Å². The van der Waals surface area contributed by atoms with Crippen LogP contribution in [0, 0.1) is 6.92 Å². The third-order valence-corrected chi connectivity index (χ3v) is 5.18. The minimum Gasteiger partial charge on any atom is -0.493 e. The molecule has 3 heterocycles. The number of carbonyl (C=O) groups excluding carboxylic acids is 1. The molecule has 2 aromatic heterocycles. The second-order valence-corrected chi connectivity index (χ2v) is 6.83. The van der Waals surface area contributed by atoms with E-state index in [0.717, 1.165) is 5.56 Å². The van der Waals surface area contributed by atoms with Gasteiger partial charge in [-0.05, 0) is 36.2 Å². The molecule has 150 valence electrons. The van der Waals surface area contributed by atoms with Crippen LogP contribution in [0.4, 0.5) is 5.82 Å². The first kappa shape index (κ1) is 18.8. The lowest BCUT2D eigenvalue weighted by molar-refractivity contribution is -0.116. The zero-order valence-electron chi connectivity index (χ0n) is 16.6. The lowest BCUT2D eigenvalue weighted by Crippen LogP contribution is -2.32. The number of amides is 1. The van der Waals surface area contributed by atoms with Crippen LogP contribution < -0.4 is 25.1 Å². The number of rotatable bonds is 4. The Morgan fingerprint density at radius 1 is 1.10 bits per heavy atom. The molecule has 0 saturated carbocycles. The normalized spacial score (nSPS) is 15.6. The highest BCUT2D eigenvalue weighted by Crippen LogP contribution is 2.43. The fraction of sp³-hybridized carbons (Fsp3) is 0.286. The molecule has 1 aliphatic heterocycles. The summed E-state index contributed by atoms with van der Waals surface area (Å²) in [5.74, 6) is 1.13. The molecule has 1 amide bonds. The Labute approximate surface area is 167 Å². The summed E-state index contributed by atoms with van der Waals surface area (Å²) in [4.78, 5) is 29.8. The summed E-state index contributed by atoms with van der Waals surface area (Å²) >= 11 is 0. The zero-order chi connectivity index (χ0) is 20.7. The first-order valence-corrected chi connectivity index (χ1v) is 9.10. The van der Waals surface area contributed by atoms with E-state index >= 15 is 0 Å². The van der Waals surface area contributed by atoms with Gasteiger partial charge in [0.05, 0.1) is 26.9 Å². The Kier molecular flexibility index (Phi) is 4.62. The molecular formula is C21H21N3O5. The summed E-state index contributed by atoms with van der Waals surface area (Å²) in [6, 6.07) is 7.25. The predicted molar refractivity (Wildman–Crippen MR) is 107 cm³/mol. The van der Waals surface area contributed by atoms with Crippen LogP contribution in [0.15, 0.2) is 35.3 Å². The van der Waals surface area contributed by atoms with Gasteiger partial charge >= 0.3 is 0 Å². The van der Waals surface area contributed by atoms with Crippen molar-refractivity contribution in [3.05, 3.63) is 57.5 Å². The van der Waals surface area contributed by atoms with E-state index in [2.05, 4.69) is 10.3 Å². The van der Waals surface area contributed by atoms with Gasteiger partial charge in [-0.15, -0.1) is 0 Å². The molecule has 1 unspecified atom stereocenters. The van der Waals surface area contributed by atoms with Crippen LogP contribution >= 0.6 is 0 Å². The fourth-order valence-electron chi connectivity index (χ4n) is 3.82. The zero-order valence-corrected chi connectivity index (χ0v) is 16.6. The van der Waals surface area contributed by atoms with Gasteiger partial charge in [-0.3, -0.25) is 14.0 Å². The second-order valence-electron chi connectivity index (χ2n) is 6.83. The van der Waals surface area contributed by atoms with Crippen molar-refractivity contribution in [2.75, 3.05) is 26.6 Å². The lowest BCUT2D eigenvalue weighted by atomic mass is 9.86. The predicted octanol–water partition coefficient (Wildman–Crippen LogP) is 2.50. The van der Waals surface area contributed by atoms with E-state index in [9.17, 15) is 9.59 Å². The number of hydrogen-bond donors (Lipinski definition) is 1. The highest BCUT2D eigenvalue weighted by molar-refractivity contribution is 5.94. The molecule has 1 N–H and O–H groups in total. The number of methoxy groups -OCH3 is 3. The quantitative estimate of drug-likeness (QED) is 0.730. The van der Waals surface area contributed by atoms with Crippen LogP contribution in [0.1, 0.15) is 29.0 Å². The molecule has 1 aromatic carbocycles. The van der Waals surface area contributed by atoms with Crippen LogP contribution in [0.5, 0.6) is 17.2 Å². The Hall–Kier alpha value is -3.55. The monoisotopic (exact) mass is 395 g/mol. The van der Waals surface area contributed by atoms with Crippen molar-refractivity contribution >= 4 is 17.4 Å². The van der Waals surface area contributed by atoms with Crippen molar-refractivity contribution in [2.45, 2.75) is 19.3 Å². The molecule has 1 atom stereocenters. The van der Waals surface area contributed by atoms with Crippen molar-refractivity contribution in [2.24, 2.45) is 0 Å². The van der Waals surface area contributed by atoms with E-state index in [4.69, 9.17) is 14.2 Å². The molecule has 0 spiro atoms. The number of hydrogen-bond acceptors (Lipinski definition) is 6. The third kappa shape index (κ3) is 2.97. The Morgan fingerprint density at radius 2 is 1.79 bits per heavy atom. The average Bonchev–Trinajstić information content (AvgIpc) is 2.72. The summed E-state index contributed by atoms with van der Waals surface area (Å²) < 4.78 is 18.0. The molecule has 0 fully saturated rings. The minimum absolute atomic E-state index is 0.112. The lowest BCUT2D eigenvalue weighted by Gasteiger charge is -2.27. The number of benzene rings is 1. The first-order valence-electron chi connectivity index (χ1n) is 9.10. The van der Waals surface area contributed by atoms with Gasteiger partial charge in [0.2, 0.25) is 11.7 Å². The molecule has 4 rings (SSSR count). The number of pyridine rings is 1. The van der Waals surface area contributed by atoms with Crippen LogP contribution in [0.2, 0.25) is 0 Å². The van der Waals surface area contributed by atoms with Crippen molar-refractivity contribution in [1.29, 1.82) is 0 Å². The second kappa shape index (κ2) is 7.12. The molecule has 0 bridgehead atoms. The van der Waals surface area contributed by atoms with Gasteiger partial charge in [-0.25, -0.2) is 0 Å². The van der Waals surface area contributed by atoms with Gasteiger partial charge in [0, 0.05) is 18.5 Å². The molecule has 0 aliphatic carbocycles. The van der Waals surface area contributed by atoms with Crippen LogP contribution in [-0.2, 0) is 4.79 Å². The standard InChI is InChI=1S/C21H21N3O5/c1-11-6-5-7-24-19(11)23-21(26)17-13(10-16(25)22-20(17)24)12-8-14(27-2)18(29-4)15(9-12)28-3/h5-9,13H,10H2,1-4H3,(H,22,25). The summed E-state index contributed by atoms with van der Waals surface area (Å²) in [6.45, 7) is 1.87. The van der Waals surface area contributed by atoms with Crippen molar-refractivity contribution < 1.29 is 19.0 Å². The fourth-order valence-corrected chi connectivity index (χ4v) is 3.82. The maximum atomic E-state index is 13.0. The molecule has 3 aromatic rings. The molecule has 0 radical (unpaired) electrons. The summed E-state index contributed by atoms with van der Waals surface area (Å²) in [5, 5.41) is 2.85. The summed E-state index contributed by atoms with van der Waals surface area (Å²) in [6.07, 6.45) is 1.89. The van der Waals surface area contributed by atoms with Gasteiger partial charge in [-0.2, -0.15) is 4.98 Å². The van der Waals surface area contributed by atoms with Crippen molar-refractivity contribution in [3.63, 3.8) is 0 Å². The van der Waals surface area contributed by atoms with Gasteiger partial charge < -0.3 is 19.5 Å². The van der Waals surface area contributed by atoms with Crippen LogP contribution in [-0.4, -0.2) is 36.6 Å². The Morgan fingerprint density at radius 3 is 2.41 bits per heavy atom. The maximum Gasteiger partial charge on any atom is 0.279 e. The number of nitrogens with zero attached hydrogens (tertiary/aromatic N) is 2. The molecule has 8 nitrogen and oxygen atoms in total. The number of ether oxygens (including phenoxy) is 3. The van der Waals surface area contributed by atoms with Gasteiger partial charge in [0.15, 0.2) is 11.5 Å². The summed E-state index contributed by atoms with van der Waals surface area (Å²) in [5.41, 5.74) is 2.13. The van der Waals surface area contributed by atoms with E-state index in [-0.39, 0.29) is 17.9 Å². The Balaban J connectivity index is 1.99. The Bertz CT molecular complexity index is 1160. The van der Waals surface area contributed by atoms with E-state index in [0.29, 0.717) is 39.8 Å². The molecule has 8 heteroatoms. The molecule has 0 saturated heterocycles. The number of aromatic nitrogens is 2. The molecular weight excluding hydrogens is 374 g/mol. The van der Waals surface area contributed by atoms with Gasteiger partial charge in [0.1, 0.15) is 11.5 Å². The number of fused-ring (bicyclic) bond motifs is 3. The maximum absolute atomic E-state index is 13.0. The number of aryl methyl sites for hydroxylation is 1.